The molecule has 1 amide bonds. The van der Waals surface area contributed by atoms with Crippen molar-refractivity contribution >= 4 is 5.91 Å². The lowest BCUT2D eigenvalue weighted by atomic mass is 10.0. The van der Waals surface area contributed by atoms with Crippen molar-refractivity contribution in [3.63, 3.8) is 0 Å². The average molecular weight is 340 g/mol. The van der Waals surface area contributed by atoms with Crippen LogP contribution >= 0.6 is 0 Å². The molecule has 25 heavy (non-hydrogen) atoms. The normalized spacial score (nSPS) is 19.7. The van der Waals surface area contributed by atoms with Crippen LogP contribution < -0.4 is 10.9 Å². The van der Waals surface area contributed by atoms with Crippen LogP contribution in [-0.4, -0.2) is 42.1 Å². The Kier molecular flexibility index (Phi) is 6.11. The number of ether oxygens (including phenoxy) is 1. The van der Waals surface area contributed by atoms with E-state index in [1.165, 1.54) is 5.56 Å². The SMILES string of the molecule is COCCN(Cc1ccccn1)C(=O)C1CC(c2ccccc2)NN1. The van der Waals surface area contributed by atoms with Crippen LogP contribution in [0.2, 0.25) is 0 Å². The van der Waals surface area contributed by atoms with Crippen molar-refractivity contribution in [2.45, 2.75) is 25.0 Å². The van der Waals surface area contributed by atoms with Gasteiger partial charge in [0.2, 0.25) is 5.91 Å². The van der Waals surface area contributed by atoms with Crippen molar-refractivity contribution in [1.29, 1.82) is 0 Å². The molecule has 2 N–H and O–H groups in total. The number of pyridine rings is 1. The van der Waals surface area contributed by atoms with Crippen molar-refractivity contribution in [2.75, 3.05) is 20.3 Å². The summed E-state index contributed by atoms with van der Waals surface area (Å²) >= 11 is 0. The van der Waals surface area contributed by atoms with Crippen LogP contribution in [0.1, 0.15) is 23.7 Å². The molecule has 1 fully saturated rings. The Morgan fingerprint density at radius 2 is 2.00 bits per heavy atom. The predicted molar refractivity (Wildman–Crippen MR) is 95.4 cm³/mol. The van der Waals surface area contributed by atoms with Crippen LogP contribution in [0, 0.1) is 0 Å². The van der Waals surface area contributed by atoms with Gasteiger partial charge in [0.25, 0.3) is 0 Å². The van der Waals surface area contributed by atoms with E-state index in [2.05, 4.69) is 28.0 Å². The number of nitrogens with one attached hydrogen (secondary N) is 2. The molecular formula is C19H24N4O2. The molecule has 2 aromatic rings. The molecule has 3 rings (SSSR count). The van der Waals surface area contributed by atoms with Gasteiger partial charge in [0.05, 0.1) is 18.8 Å². The van der Waals surface area contributed by atoms with Gasteiger partial charge in [-0.2, -0.15) is 0 Å². The summed E-state index contributed by atoms with van der Waals surface area (Å²) in [6.07, 6.45) is 2.46. The zero-order valence-corrected chi connectivity index (χ0v) is 14.4. The Balaban J connectivity index is 1.65. The summed E-state index contributed by atoms with van der Waals surface area (Å²) in [7, 11) is 1.64. The highest BCUT2D eigenvalue weighted by Gasteiger charge is 2.32. The van der Waals surface area contributed by atoms with E-state index in [0.29, 0.717) is 26.1 Å². The maximum Gasteiger partial charge on any atom is 0.241 e. The van der Waals surface area contributed by atoms with Gasteiger partial charge < -0.3 is 9.64 Å². The molecule has 0 saturated carbocycles. The van der Waals surface area contributed by atoms with Gasteiger partial charge in [0.15, 0.2) is 0 Å². The second kappa shape index (κ2) is 8.71. The topological polar surface area (TPSA) is 66.5 Å². The van der Waals surface area contributed by atoms with Gasteiger partial charge >= 0.3 is 0 Å². The molecule has 2 unspecified atom stereocenters. The first-order valence-electron chi connectivity index (χ1n) is 8.51. The van der Waals surface area contributed by atoms with Crippen molar-refractivity contribution in [3.05, 3.63) is 66.0 Å². The number of amides is 1. The molecular weight excluding hydrogens is 316 g/mol. The summed E-state index contributed by atoms with van der Waals surface area (Å²) < 4.78 is 5.16. The summed E-state index contributed by atoms with van der Waals surface area (Å²) in [6, 6.07) is 15.8. The Hall–Kier alpha value is -2.28. The van der Waals surface area contributed by atoms with Gasteiger partial charge in [-0.1, -0.05) is 36.4 Å². The van der Waals surface area contributed by atoms with E-state index in [1.54, 1.807) is 18.2 Å². The highest BCUT2D eigenvalue weighted by Crippen LogP contribution is 2.23. The number of rotatable bonds is 7. The summed E-state index contributed by atoms with van der Waals surface area (Å²) in [5.41, 5.74) is 8.43. The van der Waals surface area contributed by atoms with Crippen molar-refractivity contribution in [3.8, 4) is 0 Å². The van der Waals surface area contributed by atoms with E-state index in [4.69, 9.17) is 4.74 Å². The zero-order chi connectivity index (χ0) is 17.5. The molecule has 1 saturated heterocycles. The van der Waals surface area contributed by atoms with Crippen LogP contribution in [0.3, 0.4) is 0 Å². The summed E-state index contributed by atoms with van der Waals surface area (Å²) in [5.74, 6) is 0.0636. The fourth-order valence-corrected chi connectivity index (χ4v) is 3.00. The number of aromatic nitrogens is 1. The fraction of sp³-hybridized carbons (Fsp3) is 0.368. The quantitative estimate of drug-likeness (QED) is 0.802. The minimum absolute atomic E-state index is 0.0636. The Bertz CT molecular complexity index is 666. The number of hydrogen-bond donors (Lipinski definition) is 2. The van der Waals surface area contributed by atoms with E-state index < -0.39 is 0 Å². The largest absolute Gasteiger partial charge is 0.383 e. The Morgan fingerprint density at radius 3 is 2.72 bits per heavy atom. The molecule has 1 aromatic heterocycles. The van der Waals surface area contributed by atoms with E-state index in [-0.39, 0.29) is 18.0 Å². The van der Waals surface area contributed by atoms with Gasteiger partial charge in [-0.15, -0.1) is 0 Å². The van der Waals surface area contributed by atoms with Crippen LogP contribution in [0.15, 0.2) is 54.7 Å². The third kappa shape index (κ3) is 4.63. The monoisotopic (exact) mass is 340 g/mol. The maximum atomic E-state index is 13.0. The minimum Gasteiger partial charge on any atom is -0.383 e. The zero-order valence-electron chi connectivity index (χ0n) is 14.4. The van der Waals surface area contributed by atoms with Crippen molar-refractivity contribution in [2.24, 2.45) is 0 Å². The molecule has 2 heterocycles. The fourth-order valence-electron chi connectivity index (χ4n) is 3.00. The molecule has 0 radical (unpaired) electrons. The van der Waals surface area contributed by atoms with Gasteiger partial charge in [-0.05, 0) is 24.1 Å². The van der Waals surface area contributed by atoms with Crippen LogP contribution in [0.4, 0.5) is 0 Å². The van der Waals surface area contributed by atoms with Crippen LogP contribution in [0.5, 0.6) is 0 Å². The third-order valence-corrected chi connectivity index (χ3v) is 4.36. The minimum atomic E-state index is -0.259. The molecule has 1 aliphatic rings. The molecule has 6 heteroatoms. The van der Waals surface area contributed by atoms with Crippen molar-refractivity contribution < 1.29 is 9.53 Å². The second-order valence-electron chi connectivity index (χ2n) is 6.11. The number of nitrogens with zero attached hydrogens (tertiary/aromatic N) is 2. The average Bonchev–Trinajstić information content (AvgIpc) is 3.16. The summed E-state index contributed by atoms with van der Waals surface area (Å²) in [6.45, 7) is 1.53. The molecule has 0 spiro atoms. The number of hydrogen-bond acceptors (Lipinski definition) is 5. The third-order valence-electron chi connectivity index (χ3n) is 4.36. The molecule has 0 bridgehead atoms. The predicted octanol–water partition coefficient (Wildman–Crippen LogP) is 1.66. The Morgan fingerprint density at radius 1 is 1.20 bits per heavy atom. The Labute approximate surface area is 148 Å². The summed E-state index contributed by atoms with van der Waals surface area (Å²) in [4.78, 5) is 19.1. The molecule has 2 atom stereocenters. The summed E-state index contributed by atoms with van der Waals surface area (Å²) in [5, 5.41) is 0. The maximum absolute atomic E-state index is 13.0. The first kappa shape index (κ1) is 17.5. The van der Waals surface area contributed by atoms with Gasteiger partial charge in [-0.25, -0.2) is 10.9 Å². The first-order valence-corrected chi connectivity index (χ1v) is 8.51. The number of hydrazine groups is 1. The van der Waals surface area contributed by atoms with E-state index in [0.717, 1.165) is 5.69 Å². The second-order valence-corrected chi connectivity index (χ2v) is 6.11. The molecule has 132 valence electrons. The standard InChI is InChI=1S/C19H24N4O2/c1-25-12-11-23(14-16-9-5-6-10-20-16)19(24)18-13-17(21-22-18)15-7-3-2-4-8-15/h2-10,17-18,21-22H,11-14H2,1H3. The smallest absolute Gasteiger partial charge is 0.241 e. The van der Waals surface area contributed by atoms with Crippen LogP contribution in [0.25, 0.3) is 0 Å². The molecule has 1 aromatic carbocycles. The molecule has 6 nitrogen and oxygen atoms in total. The van der Waals surface area contributed by atoms with Gasteiger partial charge in [0.1, 0.15) is 6.04 Å². The number of carbonyl (C=O) groups excluding carboxylic acids is 1. The highest BCUT2D eigenvalue weighted by atomic mass is 16.5. The number of benzene rings is 1. The number of methoxy groups -OCH3 is 1. The highest BCUT2D eigenvalue weighted by molar-refractivity contribution is 5.82. The molecule has 0 aliphatic carbocycles. The first-order chi connectivity index (χ1) is 12.3. The van der Waals surface area contributed by atoms with Gasteiger partial charge in [-0.3, -0.25) is 9.78 Å². The van der Waals surface area contributed by atoms with Crippen molar-refractivity contribution in [1.82, 2.24) is 20.7 Å². The van der Waals surface area contributed by atoms with E-state index in [1.807, 2.05) is 36.4 Å². The van der Waals surface area contributed by atoms with E-state index in [9.17, 15) is 4.79 Å². The lowest BCUT2D eigenvalue weighted by Gasteiger charge is -2.25. The van der Waals surface area contributed by atoms with Crippen LogP contribution in [-0.2, 0) is 16.1 Å². The lowest BCUT2D eigenvalue weighted by molar-refractivity contribution is -0.134. The number of carbonyl (C=O) groups is 1. The van der Waals surface area contributed by atoms with E-state index >= 15 is 0 Å². The van der Waals surface area contributed by atoms with Gasteiger partial charge in [0, 0.05) is 25.9 Å². The molecule has 1 aliphatic heterocycles. The lowest BCUT2D eigenvalue weighted by Crippen LogP contribution is -2.46.